The van der Waals surface area contributed by atoms with Crippen LogP contribution < -0.4 is 11.1 Å². The Morgan fingerprint density at radius 1 is 1.56 bits per heavy atom. The minimum atomic E-state index is -0.281. The largest absolute Gasteiger partial charge is 0.397 e. The lowest BCUT2D eigenvalue weighted by Gasteiger charge is -2.03. The van der Waals surface area contributed by atoms with Crippen LogP contribution in [-0.4, -0.2) is 15.9 Å². The number of nitrogens with one attached hydrogen (secondary N) is 2. The van der Waals surface area contributed by atoms with E-state index in [0.29, 0.717) is 17.2 Å². The van der Waals surface area contributed by atoms with Gasteiger partial charge in [-0.3, -0.25) is 4.79 Å². The Labute approximate surface area is 100 Å². The molecule has 0 saturated heterocycles. The van der Waals surface area contributed by atoms with E-state index in [1.54, 1.807) is 30.6 Å². The van der Waals surface area contributed by atoms with Gasteiger partial charge in [-0.2, -0.15) is 0 Å². The second-order valence-electron chi connectivity index (χ2n) is 3.13. The van der Waals surface area contributed by atoms with E-state index in [0.717, 1.165) is 4.47 Å². The zero-order valence-electron chi connectivity index (χ0n) is 8.20. The smallest absolute Gasteiger partial charge is 0.273 e. The molecule has 16 heavy (non-hydrogen) atoms. The molecule has 0 spiro atoms. The third-order valence-electron chi connectivity index (χ3n) is 1.94. The topological polar surface area (TPSA) is 83.8 Å². The Balaban J connectivity index is 2.17. The number of anilines is 2. The Morgan fingerprint density at radius 3 is 3.00 bits per heavy atom. The number of nitrogens with two attached hydrogens (primary N) is 1. The van der Waals surface area contributed by atoms with Crippen molar-refractivity contribution in [3.63, 3.8) is 0 Å². The van der Waals surface area contributed by atoms with Gasteiger partial charge < -0.3 is 16.0 Å². The minimum Gasteiger partial charge on any atom is -0.397 e. The molecular weight excluding hydrogens is 272 g/mol. The van der Waals surface area contributed by atoms with Crippen LogP contribution in [0.2, 0.25) is 0 Å². The highest BCUT2D eigenvalue weighted by Gasteiger charge is 2.10. The van der Waals surface area contributed by atoms with Crippen LogP contribution in [0.1, 0.15) is 10.5 Å². The van der Waals surface area contributed by atoms with Crippen molar-refractivity contribution in [1.29, 1.82) is 0 Å². The highest BCUT2D eigenvalue weighted by molar-refractivity contribution is 9.10. The highest BCUT2D eigenvalue weighted by atomic mass is 79.9. The maximum Gasteiger partial charge on any atom is 0.273 e. The van der Waals surface area contributed by atoms with Crippen molar-refractivity contribution in [3.05, 3.63) is 40.8 Å². The molecule has 5 nitrogen and oxygen atoms in total. The molecular formula is C10H9BrN4O. The summed E-state index contributed by atoms with van der Waals surface area (Å²) >= 11 is 3.29. The van der Waals surface area contributed by atoms with Crippen LogP contribution in [0.5, 0.6) is 0 Å². The monoisotopic (exact) mass is 280 g/mol. The molecule has 1 amide bonds. The Hall–Kier alpha value is -1.82. The van der Waals surface area contributed by atoms with E-state index in [1.807, 2.05) is 0 Å². The molecule has 0 unspecified atom stereocenters. The number of halogens is 1. The van der Waals surface area contributed by atoms with Crippen LogP contribution in [0.3, 0.4) is 0 Å². The summed E-state index contributed by atoms with van der Waals surface area (Å²) in [6, 6.07) is 5.13. The van der Waals surface area contributed by atoms with Crippen molar-refractivity contribution in [2.75, 3.05) is 11.1 Å². The van der Waals surface area contributed by atoms with Crippen molar-refractivity contribution >= 4 is 33.3 Å². The molecule has 2 aromatic heterocycles. The zero-order chi connectivity index (χ0) is 11.5. The number of aromatic nitrogens is 2. The predicted octanol–water partition coefficient (Wildman–Crippen LogP) is 2.01. The van der Waals surface area contributed by atoms with E-state index in [9.17, 15) is 4.79 Å². The maximum absolute atomic E-state index is 11.7. The number of nitrogen functional groups attached to an aromatic ring is 1. The van der Waals surface area contributed by atoms with Gasteiger partial charge >= 0.3 is 0 Å². The van der Waals surface area contributed by atoms with Gasteiger partial charge in [0, 0.05) is 18.1 Å². The van der Waals surface area contributed by atoms with E-state index in [1.165, 1.54) is 0 Å². The number of hydrogen-bond donors (Lipinski definition) is 3. The highest BCUT2D eigenvalue weighted by Crippen LogP contribution is 2.19. The molecule has 0 aliphatic heterocycles. The summed E-state index contributed by atoms with van der Waals surface area (Å²) < 4.78 is 0.725. The number of rotatable bonds is 2. The number of pyridine rings is 1. The molecule has 2 heterocycles. The second-order valence-corrected chi connectivity index (χ2v) is 3.99. The molecule has 82 valence electrons. The van der Waals surface area contributed by atoms with E-state index in [2.05, 4.69) is 31.2 Å². The molecule has 0 atom stereocenters. The van der Waals surface area contributed by atoms with Crippen LogP contribution in [0.15, 0.2) is 35.1 Å². The molecule has 0 aliphatic rings. The molecule has 0 saturated carbocycles. The molecule has 2 aromatic rings. The fourth-order valence-electron chi connectivity index (χ4n) is 1.19. The van der Waals surface area contributed by atoms with Crippen molar-refractivity contribution in [3.8, 4) is 0 Å². The van der Waals surface area contributed by atoms with Crippen LogP contribution in [0, 0.1) is 0 Å². The van der Waals surface area contributed by atoms with Crippen molar-refractivity contribution in [1.82, 2.24) is 9.97 Å². The minimum absolute atomic E-state index is 0.281. The molecule has 0 fully saturated rings. The number of nitrogens with zero attached hydrogens (tertiary/aromatic N) is 1. The van der Waals surface area contributed by atoms with Gasteiger partial charge in [0.25, 0.3) is 5.91 Å². The van der Waals surface area contributed by atoms with E-state index in [4.69, 9.17) is 5.73 Å². The predicted molar refractivity (Wildman–Crippen MR) is 65.1 cm³/mol. The molecule has 0 aliphatic carbocycles. The molecule has 0 bridgehead atoms. The van der Waals surface area contributed by atoms with Crippen molar-refractivity contribution in [2.45, 2.75) is 0 Å². The lowest BCUT2D eigenvalue weighted by molar-refractivity contribution is 0.102. The van der Waals surface area contributed by atoms with Gasteiger partial charge in [-0.15, -0.1) is 0 Å². The van der Waals surface area contributed by atoms with E-state index >= 15 is 0 Å². The average Bonchev–Trinajstić information content (AvgIpc) is 2.68. The Kier molecular flexibility index (Phi) is 2.91. The van der Waals surface area contributed by atoms with Crippen LogP contribution in [-0.2, 0) is 0 Å². The van der Waals surface area contributed by atoms with Gasteiger partial charge in [0.1, 0.15) is 11.5 Å². The average molecular weight is 281 g/mol. The molecule has 2 rings (SSSR count). The first-order chi connectivity index (χ1) is 7.66. The third-order valence-corrected chi connectivity index (χ3v) is 2.58. The van der Waals surface area contributed by atoms with E-state index < -0.39 is 0 Å². The summed E-state index contributed by atoms with van der Waals surface area (Å²) in [7, 11) is 0. The number of H-pyrrole nitrogens is 1. The SMILES string of the molecule is Nc1c[nH]c(C(=O)Nc2ncccc2Br)c1. The first-order valence-corrected chi connectivity index (χ1v) is 5.32. The molecule has 4 N–H and O–H groups in total. The molecule has 0 aromatic carbocycles. The third kappa shape index (κ3) is 2.22. The summed E-state index contributed by atoms with van der Waals surface area (Å²) in [4.78, 5) is 18.5. The van der Waals surface area contributed by atoms with Gasteiger partial charge in [0.2, 0.25) is 0 Å². The lowest BCUT2D eigenvalue weighted by atomic mass is 10.4. The first-order valence-electron chi connectivity index (χ1n) is 4.52. The molecule has 0 radical (unpaired) electrons. The summed E-state index contributed by atoms with van der Waals surface area (Å²) in [5.74, 6) is 0.191. The maximum atomic E-state index is 11.7. The summed E-state index contributed by atoms with van der Waals surface area (Å²) in [6.07, 6.45) is 3.16. The van der Waals surface area contributed by atoms with E-state index in [-0.39, 0.29) is 5.91 Å². The first kappa shape index (κ1) is 10.7. The van der Waals surface area contributed by atoms with Gasteiger partial charge in [-0.05, 0) is 34.1 Å². The molecule has 6 heteroatoms. The van der Waals surface area contributed by atoms with Crippen LogP contribution in [0.4, 0.5) is 11.5 Å². The van der Waals surface area contributed by atoms with Gasteiger partial charge in [-0.1, -0.05) is 0 Å². The normalized spacial score (nSPS) is 10.1. The van der Waals surface area contributed by atoms with Crippen molar-refractivity contribution in [2.24, 2.45) is 0 Å². The second kappa shape index (κ2) is 4.36. The lowest BCUT2D eigenvalue weighted by Crippen LogP contribution is -2.13. The number of hydrogen-bond acceptors (Lipinski definition) is 3. The fourth-order valence-corrected chi connectivity index (χ4v) is 1.55. The Bertz CT molecular complexity index is 523. The quantitative estimate of drug-likeness (QED) is 0.787. The van der Waals surface area contributed by atoms with Gasteiger partial charge in [0.05, 0.1) is 4.47 Å². The van der Waals surface area contributed by atoms with Gasteiger partial charge in [-0.25, -0.2) is 4.98 Å². The number of aromatic amines is 1. The number of amides is 1. The number of carbonyl (C=O) groups excluding carboxylic acids is 1. The summed E-state index contributed by atoms with van der Waals surface area (Å²) in [5, 5.41) is 2.66. The Morgan fingerprint density at radius 2 is 2.38 bits per heavy atom. The van der Waals surface area contributed by atoms with Gasteiger partial charge in [0.15, 0.2) is 0 Å². The zero-order valence-corrected chi connectivity index (χ0v) is 9.78. The van der Waals surface area contributed by atoms with Crippen LogP contribution >= 0.6 is 15.9 Å². The van der Waals surface area contributed by atoms with Crippen molar-refractivity contribution < 1.29 is 4.79 Å². The standard InChI is InChI=1S/C10H9BrN4O/c11-7-2-1-3-13-9(7)15-10(16)8-4-6(12)5-14-8/h1-5,14H,12H2,(H,13,15,16). The summed E-state index contributed by atoms with van der Waals surface area (Å²) in [5.41, 5.74) is 6.42. The summed E-state index contributed by atoms with van der Waals surface area (Å²) in [6.45, 7) is 0. The fraction of sp³-hybridized carbons (Fsp3) is 0. The van der Waals surface area contributed by atoms with Crippen LogP contribution in [0.25, 0.3) is 0 Å². The number of carbonyl (C=O) groups is 1.